The minimum Gasteiger partial charge on any atom is -0.368 e. The van der Waals surface area contributed by atoms with E-state index in [1.807, 2.05) is 30.3 Å². The zero-order valence-corrected chi connectivity index (χ0v) is 15.7. The van der Waals surface area contributed by atoms with Gasteiger partial charge in [0.2, 0.25) is 0 Å². The van der Waals surface area contributed by atoms with E-state index in [9.17, 15) is 10.1 Å². The van der Waals surface area contributed by atoms with E-state index in [1.54, 1.807) is 25.2 Å². The van der Waals surface area contributed by atoms with Gasteiger partial charge in [0, 0.05) is 57.7 Å². The molecule has 26 heavy (non-hydrogen) atoms. The van der Waals surface area contributed by atoms with Crippen LogP contribution in [0.1, 0.15) is 15.9 Å². The summed E-state index contributed by atoms with van der Waals surface area (Å²) < 4.78 is 0.480. The van der Waals surface area contributed by atoms with Gasteiger partial charge in [-0.1, -0.05) is 12.2 Å². The van der Waals surface area contributed by atoms with Crippen molar-refractivity contribution in [2.75, 3.05) is 50.1 Å². The van der Waals surface area contributed by atoms with Crippen LogP contribution in [0, 0.1) is 16.0 Å². The first-order chi connectivity index (χ1) is 12.5. The SMILES string of the molecule is CN(C)C(=O)c1ccc(N2CCN(c3cc[nH]c(=S)c3C#N)CC2)cc1. The summed E-state index contributed by atoms with van der Waals surface area (Å²) in [5.74, 6) is 0.00556. The highest BCUT2D eigenvalue weighted by Crippen LogP contribution is 2.24. The van der Waals surface area contributed by atoms with Crippen molar-refractivity contribution >= 4 is 29.5 Å². The van der Waals surface area contributed by atoms with Crippen LogP contribution in [-0.2, 0) is 0 Å². The van der Waals surface area contributed by atoms with Crippen LogP contribution in [0.5, 0.6) is 0 Å². The fourth-order valence-electron chi connectivity index (χ4n) is 3.12. The first kappa shape index (κ1) is 18.0. The first-order valence-electron chi connectivity index (χ1n) is 8.44. The summed E-state index contributed by atoms with van der Waals surface area (Å²) in [4.78, 5) is 21.0. The van der Waals surface area contributed by atoms with Crippen molar-refractivity contribution < 1.29 is 4.79 Å². The molecule has 0 atom stereocenters. The van der Waals surface area contributed by atoms with Crippen LogP contribution < -0.4 is 9.80 Å². The number of H-pyrrole nitrogens is 1. The van der Waals surface area contributed by atoms with Gasteiger partial charge in [0.05, 0.1) is 5.69 Å². The van der Waals surface area contributed by atoms with Gasteiger partial charge >= 0.3 is 0 Å². The number of pyridine rings is 1. The molecular weight excluding hydrogens is 346 g/mol. The number of carbonyl (C=O) groups is 1. The third-order valence-electron chi connectivity index (χ3n) is 4.56. The summed E-state index contributed by atoms with van der Waals surface area (Å²) in [6, 6.07) is 11.8. The Morgan fingerprint density at radius 3 is 2.31 bits per heavy atom. The number of hydrogen-bond acceptors (Lipinski definition) is 5. The first-order valence-corrected chi connectivity index (χ1v) is 8.85. The van der Waals surface area contributed by atoms with Crippen molar-refractivity contribution in [1.29, 1.82) is 5.26 Å². The molecule has 3 rings (SSSR count). The van der Waals surface area contributed by atoms with Crippen molar-refractivity contribution in [3.8, 4) is 6.07 Å². The standard InChI is InChI=1S/C19H21N5OS/c1-22(2)19(25)14-3-5-15(6-4-14)23-9-11-24(12-10-23)17-7-8-21-18(26)16(17)13-20/h3-8H,9-12H2,1-2H3,(H,21,26). The molecule has 0 bridgehead atoms. The number of carbonyl (C=O) groups excluding carboxylic acids is 1. The Morgan fingerprint density at radius 1 is 1.12 bits per heavy atom. The Bertz CT molecular complexity index is 889. The van der Waals surface area contributed by atoms with Crippen LogP contribution >= 0.6 is 12.2 Å². The third-order valence-corrected chi connectivity index (χ3v) is 4.88. The third kappa shape index (κ3) is 3.55. The summed E-state index contributed by atoms with van der Waals surface area (Å²) in [6.45, 7) is 3.31. The molecule has 0 radical (unpaired) electrons. The Hall–Kier alpha value is -2.85. The van der Waals surface area contributed by atoms with Gasteiger partial charge in [0.1, 0.15) is 16.3 Å². The quantitative estimate of drug-likeness (QED) is 0.845. The number of nitrogens with zero attached hydrogens (tertiary/aromatic N) is 4. The fraction of sp³-hybridized carbons (Fsp3) is 0.316. The van der Waals surface area contributed by atoms with Crippen LogP contribution in [0.2, 0.25) is 0 Å². The average Bonchev–Trinajstić information content (AvgIpc) is 2.67. The molecule has 7 heteroatoms. The highest BCUT2D eigenvalue weighted by atomic mass is 32.1. The van der Waals surface area contributed by atoms with Gasteiger partial charge in [-0.05, 0) is 30.3 Å². The Balaban J connectivity index is 1.70. The smallest absolute Gasteiger partial charge is 0.253 e. The number of rotatable bonds is 3. The molecule has 1 aromatic heterocycles. The second-order valence-corrected chi connectivity index (χ2v) is 6.81. The topological polar surface area (TPSA) is 66.4 Å². The van der Waals surface area contributed by atoms with E-state index in [0.717, 1.165) is 37.6 Å². The minimum absolute atomic E-state index is 0.00556. The van der Waals surface area contributed by atoms with Gasteiger partial charge in [0.15, 0.2) is 0 Å². The van der Waals surface area contributed by atoms with Gasteiger partial charge < -0.3 is 19.7 Å². The number of nitriles is 1. The summed E-state index contributed by atoms with van der Waals surface area (Å²) in [5, 5.41) is 9.36. The van der Waals surface area contributed by atoms with Crippen LogP contribution in [-0.4, -0.2) is 56.1 Å². The van der Waals surface area contributed by atoms with Crippen LogP contribution in [0.15, 0.2) is 36.5 Å². The van der Waals surface area contributed by atoms with Crippen molar-refractivity contribution in [1.82, 2.24) is 9.88 Å². The van der Waals surface area contributed by atoms with E-state index < -0.39 is 0 Å². The van der Waals surface area contributed by atoms with Gasteiger partial charge in [-0.15, -0.1) is 0 Å². The van der Waals surface area contributed by atoms with Crippen molar-refractivity contribution in [2.45, 2.75) is 0 Å². The number of nitrogens with one attached hydrogen (secondary N) is 1. The molecule has 1 saturated heterocycles. The largest absolute Gasteiger partial charge is 0.368 e. The molecule has 2 heterocycles. The Labute approximate surface area is 158 Å². The molecule has 0 unspecified atom stereocenters. The lowest BCUT2D eigenvalue weighted by atomic mass is 10.1. The maximum Gasteiger partial charge on any atom is 0.253 e. The van der Waals surface area contributed by atoms with Crippen molar-refractivity contribution in [3.63, 3.8) is 0 Å². The summed E-state index contributed by atoms with van der Waals surface area (Å²) in [7, 11) is 3.50. The zero-order valence-electron chi connectivity index (χ0n) is 14.9. The molecule has 1 fully saturated rings. The zero-order chi connectivity index (χ0) is 18.7. The van der Waals surface area contributed by atoms with Crippen LogP contribution in [0.3, 0.4) is 0 Å². The molecule has 1 aromatic carbocycles. The van der Waals surface area contributed by atoms with Gasteiger partial charge in [-0.25, -0.2) is 0 Å². The van der Waals surface area contributed by atoms with Gasteiger partial charge in [-0.2, -0.15) is 5.26 Å². The predicted octanol–water partition coefficient (Wildman–Crippen LogP) is 2.64. The summed E-state index contributed by atoms with van der Waals surface area (Å²) >= 11 is 5.21. The monoisotopic (exact) mass is 367 g/mol. The van der Waals surface area contributed by atoms with E-state index in [2.05, 4.69) is 20.9 Å². The van der Waals surface area contributed by atoms with Gasteiger partial charge in [0.25, 0.3) is 5.91 Å². The van der Waals surface area contributed by atoms with E-state index >= 15 is 0 Å². The molecule has 0 aliphatic carbocycles. The molecular formula is C19H21N5OS. The number of aromatic amines is 1. The minimum atomic E-state index is 0.00556. The Morgan fingerprint density at radius 2 is 1.73 bits per heavy atom. The number of piperazine rings is 1. The van der Waals surface area contributed by atoms with Crippen molar-refractivity contribution in [3.05, 3.63) is 52.3 Å². The lowest BCUT2D eigenvalue weighted by Crippen LogP contribution is -2.46. The van der Waals surface area contributed by atoms with E-state index in [0.29, 0.717) is 15.8 Å². The number of benzene rings is 1. The molecule has 2 aromatic rings. The second kappa shape index (κ2) is 7.58. The van der Waals surface area contributed by atoms with E-state index in [1.165, 1.54) is 0 Å². The average molecular weight is 367 g/mol. The molecule has 6 nitrogen and oxygen atoms in total. The Kier molecular flexibility index (Phi) is 5.24. The predicted molar refractivity (Wildman–Crippen MR) is 105 cm³/mol. The number of amides is 1. The highest BCUT2D eigenvalue weighted by molar-refractivity contribution is 7.71. The number of anilines is 2. The lowest BCUT2D eigenvalue weighted by molar-refractivity contribution is 0.0827. The molecule has 1 amide bonds. The van der Waals surface area contributed by atoms with Crippen LogP contribution in [0.4, 0.5) is 11.4 Å². The van der Waals surface area contributed by atoms with E-state index in [4.69, 9.17) is 12.2 Å². The molecule has 134 valence electrons. The lowest BCUT2D eigenvalue weighted by Gasteiger charge is -2.37. The van der Waals surface area contributed by atoms with Crippen molar-refractivity contribution in [2.24, 2.45) is 0 Å². The molecule has 1 N–H and O–H groups in total. The van der Waals surface area contributed by atoms with Crippen LogP contribution in [0.25, 0.3) is 0 Å². The molecule has 1 aliphatic heterocycles. The molecule has 0 saturated carbocycles. The van der Waals surface area contributed by atoms with E-state index in [-0.39, 0.29) is 5.91 Å². The van der Waals surface area contributed by atoms with Gasteiger partial charge in [-0.3, -0.25) is 4.79 Å². The molecule has 1 aliphatic rings. The normalized spacial score (nSPS) is 14.0. The number of hydrogen-bond donors (Lipinski definition) is 1. The maximum atomic E-state index is 12.0. The highest BCUT2D eigenvalue weighted by Gasteiger charge is 2.20. The fourth-order valence-corrected chi connectivity index (χ4v) is 3.34. The number of aromatic nitrogens is 1. The summed E-state index contributed by atoms with van der Waals surface area (Å²) in [6.07, 6.45) is 1.78. The molecule has 0 spiro atoms. The maximum absolute atomic E-state index is 12.0. The second-order valence-electron chi connectivity index (χ2n) is 6.40. The summed E-state index contributed by atoms with van der Waals surface area (Å²) in [5.41, 5.74) is 3.21.